The van der Waals surface area contributed by atoms with Crippen LogP contribution in [0.1, 0.15) is 17.2 Å². The van der Waals surface area contributed by atoms with Crippen molar-refractivity contribution in [2.75, 3.05) is 37.8 Å². The lowest BCUT2D eigenvalue weighted by molar-refractivity contribution is -0.117. The Morgan fingerprint density at radius 2 is 2.00 bits per heavy atom. The Hall–Kier alpha value is -2.70. The summed E-state index contributed by atoms with van der Waals surface area (Å²) in [5.41, 5.74) is 2.47. The molecule has 1 aliphatic heterocycles. The summed E-state index contributed by atoms with van der Waals surface area (Å²) in [6.45, 7) is 2.79. The van der Waals surface area contributed by atoms with Gasteiger partial charge in [0.1, 0.15) is 5.82 Å². The number of aliphatic hydroxyl groups excluding tert-OH is 1. The molecule has 0 radical (unpaired) electrons. The number of carbonyl (C=O) groups excluding carboxylic acids is 1. The van der Waals surface area contributed by atoms with E-state index in [1.165, 1.54) is 24.3 Å². The van der Waals surface area contributed by atoms with Crippen LogP contribution >= 0.6 is 0 Å². The monoisotopic (exact) mass is 370 g/mol. The maximum atomic E-state index is 13.2. The van der Waals surface area contributed by atoms with Crippen molar-refractivity contribution in [3.63, 3.8) is 0 Å². The SMILES string of the molecule is O=C(C=Cc1cccc(F)c1)N[C@H](CO)c1cccc(N2CCOCC2)c1. The molecule has 0 bridgehead atoms. The van der Waals surface area contributed by atoms with Gasteiger partial charge in [0.05, 0.1) is 25.9 Å². The summed E-state index contributed by atoms with van der Waals surface area (Å²) in [4.78, 5) is 14.4. The highest BCUT2D eigenvalue weighted by Crippen LogP contribution is 2.21. The Balaban J connectivity index is 1.66. The second kappa shape index (κ2) is 9.30. The molecule has 5 nitrogen and oxygen atoms in total. The number of benzene rings is 2. The van der Waals surface area contributed by atoms with Crippen molar-refractivity contribution in [1.29, 1.82) is 0 Å². The summed E-state index contributed by atoms with van der Waals surface area (Å²) in [6.07, 6.45) is 2.88. The van der Waals surface area contributed by atoms with E-state index in [9.17, 15) is 14.3 Å². The van der Waals surface area contributed by atoms with Crippen molar-refractivity contribution in [3.8, 4) is 0 Å². The van der Waals surface area contributed by atoms with Crippen molar-refractivity contribution < 1.29 is 19.0 Å². The highest BCUT2D eigenvalue weighted by molar-refractivity contribution is 5.92. The Bertz CT molecular complexity index is 804. The zero-order valence-electron chi connectivity index (χ0n) is 15.0. The molecule has 1 fully saturated rings. The number of halogens is 1. The normalized spacial score (nSPS) is 15.7. The van der Waals surface area contributed by atoms with E-state index in [0.29, 0.717) is 18.8 Å². The van der Waals surface area contributed by atoms with E-state index in [2.05, 4.69) is 10.2 Å². The van der Waals surface area contributed by atoms with E-state index < -0.39 is 6.04 Å². The molecule has 6 heteroatoms. The number of nitrogens with one attached hydrogen (secondary N) is 1. The number of morpholine rings is 1. The first-order valence-electron chi connectivity index (χ1n) is 8.93. The number of aliphatic hydroxyl groups is 1. The van der Waals surface area contributed by atoms with Gasteiger partial charge in [-0.2, -0.15) is 0 Å². The topological polar surface area (TPSA) is 61.8 Å². The van der Waals surface area contributed by atoms with Crippen LogP contribution in [0.15, 0.2) is 54.6 Å². The van der Waals surface area contributed by atoms with Crippen LogP contribution in [0.4, 0.5) is 10.1 Å². The molecule has 1 aliphatic rings. The quantitative estimate of drug-likeness (QED) is 0.767. The largest absolute Gasteiger partial charge is 0.394 e. The molecule has 1 amide bonds. The molecular formula is C21H23FN2O3. The van der Waals surface area contributed by atoms with Gasteiger partial charge in [0.2, 0.25) is 5.91 Å². The molecule has 0 spiro atoms. The van der Waals surface area contributed by atoms with Crippen molar-refractivity contribution in [2.45, 2.75) is 6.04 Å². The molecule has 1 atom stereocenters. The van der Waals surface area contributed by atoms with Crippen LogP contribution in [0, 0.1) is 5.82 Å². The van der Waals surface area contributed by atoms with Gasteiger partial charge in [-0.3, -0.25) is 4.79 Å². The van der Waals surface area contributed by atoms with E-state index in [-0.39, 0.29) is 18.3 Å². The standard InChI is InChI=1S/C21H23FN2O3/c22-18-5-1-3-16(13-18)7-8-21(26)23-20(15-25)17-4-2-6-19(14-17)24-9-11-27-12-10-24/h1-8,13-14,20,25H,9-12,15H2,(H,23,26)/t20-/m1/s1. The maximum absolute atomic E-state index is 13.2. The van der Waals surface area contributed by atoms with Crippen molar-refractivity contribution in [3.05, 3.63) is 71.6 Å². The lowest BCUT2D eigenvalue weighted by atomic mass is 10.1. The van der Waals surface area contributed by atoms with E-state index >= 15 is 0 Å². The smallest absolute Gasteiger partial charge is 0.244 e. The number of amides is 1. The maximum Gasteiger partial charge on any atom is 0.244 e. The lowest BCUT2D eigenvalue weighted by Gasteiger charge is -2.29. The summed E-state index contributed by atoms with van der Waals surface area (Å²) in [5.74, 6) is -0.708. The predicted molar refractivity (Wildman–Crippen MR) is 103 cm³/mol. The summed E-state index contributed by atoms with van der Waals surface area (Å²) in [7, 11) is 0. The first-order valence-corrected chi connectivity index (χ1v) is 8.93. The molecule has 142 valence electrons. The van der Waals surface area contributed by atoms with Crippen LogP contribution in [0.5, 0.6) is 0 Å². The second-order valence-corrected chi connectivity index (χ2v) is 6.33. The van der Waals surface area contributed by atoms with E-state index in [1.54, 1.807) is 12.1 Å². The van der Waals surface area contributed by atoms with E-state index in [4.69, 9.17) is 4.74 Å². The van der Waals surface area contributed by atoms with Crippen LogP contribution in [0.2, 0.25) is 0 Å². The fourth-order valence-corrected chi connectivity index (χ4v) is 3.00. The average Bonchev–Trinajstić information content (AvgIpc) is 2.71. The van der Waals surface area contributed by atoms with Gasteiger partial charge < -0.3 is 20.1 Å². The summed E-state index contributed by atoms with van der Waals surface area (Å²) >= 11 is 0. The minimum atomic E-state index is -0.518. The Labute approximate surface area is 158 Å². The predicted octanol–water partition coefficient (Wildman–Crippen LogP) is 2.53. The molecule has 1 saturated heterocycles. The number of hydrogen-bond acceptors (Lipinski definition) is 4. The van der Waals surface area contributed by atoms with Gasteiger partial charge >= 0.3 is 0 Å². The van der Waals surface area contributed by atoms with Crippen LogP contribution in [-0.2, 0) is 9.53 Å². The van der Waals surface area contributed by atoms with Crippen molar-refractivity contribution >= 4 is 17.7 Å². The highest BCUT2D eigenvalue weighted by Gasteiger charge is 2.16. The molecular weight excluding hydrogens is 347 g/mol. The molecule has 0 unspecified atom stereocenters. The van der Waals surface area contributed by atoms with Gasteiger partial charge in [-0.15, -0.1) is 0 Å². The van der Waals surface area contributed by atoms with Crippen LogP contribution in [0.3, 0.4) is 0 Å². The number of anilines is 1. The summed E-state index contributed by atoms with van der Waals surface area (Å²) in [5, 5.41) is 12.5. The van der Waals surface area contributed by atoms with Gasteiger partial charge in [-0.1, -0.05) is 24.3 Å². The van der Waals surface area contributed by atoms with Crippen LogP contribution in [-0.4, -0.2) is 43.9 Å². The van der Waals surface area contributed by atoms with E-state index in [0.717, 1.165) is 24.3 Å². The number of nitrogens with zero attached hydrogens (tertiary/aromatic N) is 1. The summed E-state index contributed by atoms with van der Waals surface area (Å²) < 4.78 is 18.6. The fourth-order valence-electron chi connectivity index (χ4n) is 3.00. The average molecular weight is 370 g/mol. The number of hydrogen-bond donors (Lipinski definition) is 2. The molecule has 0 aliphatic carbocycles. The highest BCUT2D eigenvalue weighted by atomic mass is 19.1. The van der Waals surface area contributed by atoms with Gasteiger partial charge in [0.25, 0.3) is 0 Å². The molecule has 1 heterocycles. The zero-order chi connectivity index (χ0) is 19.1. The molecule has 2 aromatic carbocycles. The van der Waals surface area contributed by atoms with Gasteiger partial charge in [-0.25, -0.2) is 4.39 Å². The Morgan fingerprint density at radius 3 is 2.74 bits per heavy atom. The lowest BCUT2D eigenvalue weighted by Crippen LogP contribution is -2.36. The Morgan fingerprint density at radius 1 is 1.22 bits per heavy atom. The van der Waals surface area contributed by atoms with Crippen LogP contribution < -0.4 is 10.2 Å². The number of carbonyl (C=O) groups is 1. The molecule has 27 heavy (non-hydrogen) atoms. The number of rotatable bonds is 6. The van der Waals surface area contributed by atoms with Crippen molar-refractivity contribution in [2.24, 2.45) is 0 Å². The minimum Gasteiger partial charge on any atom is -0.394 e. The van der Waals surface area contributed by atoms with Crippen LogP contribution in [0.25, 0.3) is 6.08 Å². The van der Waals surface area contributed by atoms with E-state index in [1.807, 2.05) is 24.3 Å². The minimum absolute atomic E-state index is 0.216. The summed E-state index contributed by atoms with van der Waals surface area (Å²) in [6, 6.07) is 13.2. The molecule has 2 aromatic rings. The number of ether oxygens (including phenoxy) is 1. The third-order valence-electron chi connectivity index (χ3n) is 4.42. The Kier molecular flexibility index (Phi) is 6.57. The van der Waals surface area contributed by atoms with Gasteiger partial charge in [-0.05, 0) is 41.5 Å². The molecule has 3 rings (SSSR count). The molecule has 0 saturated carbocycles. The first kappa shape index (κ1) is 19.1. The van der Waals surface area contributed by atoms with Gasteiger partial charge in [0.15, 0.2) is 0 Å². The van der Waals surface area contributed by atoms with Gasteiger partial charge in [0, 0.05) is 24.9 Å². The third kappa shape index (κ3) is 5.39. The zero-order valence-corrected chi connectivity index (χ0v) is 15.0. The first-order chi connectivity index (χ1) is 13.2. The second-order valence-electron chi connectivity index (χ2n) is 6.33. The fraction of sp³-hybridized carbons (Fsp3) is 0.286. The molecule has 0 aromatic heterocycles. The van der Waals surface area contributed by atoms with Crippen molar-refractivity contribution in [1.82, 2.24) is 5.32 Å². The molecule has 2 N–H and O–H groups in total. The third-order valence-corrected chi connectivity index (χ3v) is 4.42.